The summed E-state index contributed by atoms with van der Waals surface area (Å²) in [6.45, 7) is 6.27. The average molecular weight is 471 g/mol. The van der Waals surface area contributed by atoms with E-state index in [9.17, 15) is 10.2 Å². The second-order valence-electron chi connectivity index (χ2n) is 6.86. The number of rotatable bonds is 13. The van der Waals surface area contributed by atoms with Crippen molar-refractivity contribution in [1.29, 1.82) is 0 Å². The van der Waals surface area contributed by atoms with E-state index >= 15 is 0 Å². The molecule has 7 heteroatoms. The van der Waals surface area contributed by atoms with Crippen molar-refractivity contribution in [3.63, 3.8) is 0 Å². The summed E-state index contributed by atoms with van der Waals surface area (Å²) in [4.78, 5) is 8.64. The number of para-hydroxylation sites is 2. The molecule has 2 aromatic rings. The van der Waals surface area contributed by atoms with E-state index in [1.807, 2.05) is 12.1 Å². The van der Waals surface area contributed by atoms with Gasteiger partial charge in [0.15, 0.2) is 23.0 Å². The zero-order chi connectivity index (χ0) is 21.6. The molecular weight excluding hydrogens is 439 g/mol. The van der Waals surface area contributed by atoms with Gasteiger partial charge in [0.05, 0.1) is 26.3 Å². The number of hydrogen-bond donors (Lipinski definition) is 2. The second-order valence-corrected chi connectivity index (χ2v) is 6.86. The molecule has 0 atom stereocenters. The van der Waals surface area contributed by atoms with Crippen LogP contribution in [0.5, 0.6) is 23.0 Å². The Kier molecular flexibility index (Phi) is 13.1. The third-order valence-corrected chi connectivity index (χ3v) is 4.39. The summed E-state index contributed by atoms with van der Waals surface area (Å²) in [5.41, 5.74) is 1.23. The minimum atomic E-state index is 0. The monoisotopic (exact) mass is 471 g/mol. The van der Waals surface area contributed by atoms with Crippen molar-refractivity contribution in [2.45, 2.75) is 39.5 Å². The molecule has 0 saturated carbocycles. The maximum Gasteiger partial charge on any atom is 0.166 e. The van der Waals surface area contributed by atoms with Crippen LogP contribution in [-0.2, 0) is 16.8 Å². The molecule has 0 aromatic heterocycles. The molecule has 1 radical (unpaired) electrons. The first-order valence-corrected chi connectivity index (χ1v) is 10.6. The summed E-state index contributed by atoms with van der Waals surface area (Å²) in [6, 6.07) is 10.7. The van der Waals surface area contributed by atoms with E-state index in [4.69, 9.17) is 9.47 Å². The van der Waals surface area contributed by atoms with Crippen molar-refractivity contribution in [3.05, 3.63) is 47.5 Å². The van der Waals surface area contributed by atoms with Crippen molar-refractivity contribution < 1.29 is 36.5 Å². The molecule has 31 heavy (non-hydrogen) atoms. The molecule has 0 fully saturated rings. The van der Waals surface area contributed by atoms with E-state index in [1.54, 1.807) is 36.7 Å². The number of phenolic OH excluding ortho intramolecular Hbond substituents is 2. The molecule has 0 unspecified atom stereocenters. The van der Waals surface area contributed by atoms with Gasteiger partial charge in [-0.1, -0.05) is 38.8 Å². The van der Waals surface area contributed by atoms with Gasteiger partial charge >= 0.3 is 0 Å². The Hall–Kier alpha value is -2.51. The largest absolute Gasteiger partial charge is 0.504 e. The number of unbranched alkanes of at least 4 members (excludes halogenated alkanes) is 2. The molecule has 2 N–H and O–H groups in total. The molecule has 171 valence electrons. The van der Waals surface area contributed by atoms with Crippen molar-refractivity contribution in [3.8, 4) is 23.0 Å². The standard InChI is InChI=1S/C24H32N2O4.Co/c1-3-5-15-29-21-11-7-9-19(23(21)27)17-25-13-14-26-18-20-10-8-12-22(24(20)28)30-16-6-4-2;/h7-12,17-18,27-28H,3-6,13-16H2,1-2H3;. The van der Waals surface area contributed by atoms with Gasteiger partial charge in [-0.3, -0.25) is 9.98 Å². The summed E-state index contributed by atoms with van der Waals surface area (Å²) < 4.78 is 11.2. The zero-order valence-electron chi connectivity index (χ0n) is 18.2. The van der Waals surface area contributed by atoms with Crippen molar-refractivity contribution in [2.75, 3.05) is 26.3 Å². The first-order chi connectivity index (χ1) is 14.7. The van der Waals surface area contributed by atoms with Gasteiger partial charge < -0.3 is 19.7 Å². The first-order valence-electron chi connectivity index (χ1n) is 10.6. The Morgan fingerprint density at radius 2 is 1.16 bits per heavy atom. The van der Waals surface area contributed by atoms with Gasteiger partial charge in [-0.15, -0.1) is 0 Å². The van der Waals surface area contributed by atoms with Gasteiger partial charge in [-0.05, 0) is 37.1 Å². The Morgan fingerprint density at radius 1 is 0.742 bits per heavy atom. The normalized spacial score (nSPS) is 11.0. The molecule has 0 saturated heterocycles. The third kappa shape index (κ3) is 9.02. The maximum atomic E-state index is 10.3. The zero-order valence-corrected chi connectivity index (χ0v) is 19.3. The molecule has 6 nitrogen and oxygen atoms in total. The summed E-state index contributed by atoms with van der Waals surface area (Å²) in [6.07, 6.45) is 7.21. The summed E-state index contributed by atoms with van der Waals surface area (Å²) in [5.74, 6) is 1.15. The minimum absolute atomic E-state index is 0. The van der Waals surface area contributed by atoms with Gasteiger partial charge in [0.2, 0.25) is 0 Å². The van der Waals surface area contributed by atoms with Crippen molar-refractivity contribution in [1.82, 2.24) is 0 Å². The van der Waals surface area contributed by atoms with Crippen LogP contribution in [0.15, 0.2) is 46.4 Å². The first kappa shape index (κ1) is 26.5. The molecule has 0 amide bonds. The Bertz CT molecular complexity index is 771. The molecule has 2 rings (SSSR count). The average Bonchev–Trinajstić information content (AvgIpc) is 2.75. The van der Waals surface area contributed by atoms with Gasteiger partial charge in [0.1, 0.15) is 0 Å². The number of hydrogen-bond acceptors (Lipinski definition) is 6. The smallest absolute Gasteiger partial charge is 0.166 e. The van der Waals surface area contributed by atoms with E-state index in [0.717, 1.165) is 25.7 Å². The van der Waals surface area contributed by atoms with Crippen LogP contribution < -0.4 is 9.47 Å². The molecule has 0 heterocycles. The number of phenols is 2. The summed E-state index contributed by atoms with van der Waals surface area (Å²) >= 11 is 0. The fourth-order valence-electron chi connectivity index (χ4n) is 2.61. The summed E-state index contributed by atoms with van der Waals surface area (Å²) in [5, 5.41) is 20.6. The minimum Gasteiger partial charge on any atom is -0.504 e. The van der Waals surface area contributed by atoms with Crippen LogP contribution >= 0.6 is 0 Å². The molecule has 0 aliphatic carbocycles. The van der Waals surface area contributed by atoms with E-state index in [0.29, 0.717) is 48.9 Å². The van der Waals surface area contributed by atoms with Crippen LogP contribution in [0.1, 0.15) is 50.7 Å². The number of aromatic hydroxyl groups is 2. The summed E-state index contributed by atoms with van der Waals surface area (Å²) in [7, 11) is 0. The third-order valence-electron chi connectivity index (χ3n) is 4.39. The molecule has 2 aromatic carbocycles. The van der Waals surface area contributed by atoms with Crippen LogP contribution in [-0.4, -0.2) is 48.9 Å². The topological polar surface area (TPSA) is 83.6 Å². The molecule has 0 spiro atoms. The van der Waals surface area contributed by atoms with E-state index in [2.05, 4.69) is 23.8 Å². The fourth-order valence-corrected chi connectivity index (χ4v) is 2.61. The molecule has 0 aliphatic rings. The number of ether oxygens (including phenoxy) is 2. The van der Waals surface area contributed by atoms with Crippen LogP contribution in [0.25, 0.3) is 0 Å². The quantitative estimate of drug-likeness (QED) is 0.318. The van der Waals surface area contributed by atoms with E-state index in [1.165, 1.54) is 0 Å². The molecular formula is C24H32CoN2O4. The van der Waals surface area contributed by atoms with Crippen molar-refractivity contribution in [2.24, 2.45) is 9.98 Å². The van der Waals surface area contributed by atoms with E-state index < -0.39 is 0 Å². The number of aliphatic imine (C=N–C) groups is 2. The van der Waals surface area contributed by atoms with Gasteiger partial charge in [0.25, 0.3) is 0 Å². The second kappa shape index (κ2) is 15.3. The Morgan fingerprint density at radius 3 is 1.55 bits per heavy atom. The predicted molar refractivity (Wildman–Crippen MR) is 122 cm³/mol. The molecule has 0 bridgehead atoms. The van der Waals surface area contributed by atoms with Gasteiger partial charge in [-0.25, -0.2) is 0 Å². The van der Waals surface area contributed by atoms with E-state index in [-0.39, 0.29) is 28.3 Å². The maximum absolute atomic E-state index is 10.3. The van der Waals surface area contributed by atoms with Crippen LogP contribution in [0.4, 0.5) is 0 Å². The SMILES string of the molecule is CCCCOc1cccc(C=NCCN=Cc2cccc(OCCCC)c2O)c1O.[Co]. The van der Waals surface area contributed by atoms with Crippen LogP contribution in [0.2, 0.25) is 0 Å². The fraction of sp³-hybridized carbons (Fsp3) is 0.417. The predicted octanol–water partition coefficient (Wildman–Crippen LogP) is 4.99. The van der Waals surface area contributed by atoms with Gasteiger partial charge in [0, 0.05) is 40.3 Å². The molecule has 0 aliphatic heterocycles. The number of benzene rings is 2. The number of nitrogens with zero attached hydrogens (tertiary/aromatic N) is 2. The van der Waals surface area contributed by atoms with Crippen LogP contribution in [0.3, 0.4) is 0 Å². The van der Waals surface area contributed by atoms with Gasteiger partial charge in [-0.2, -0.15) is 0 Å². The van der Waals surface area contributed by atoms with Crippen molar-refractivity contribution >= 4 is 12.4 Å². The Labute approximate surface area is 195 Å². The van der Waals surface area contributed by atoms with Crippen LogP contribution in [0, 0.1) is 0 Å². The Balaban J connectivity index is 0.00000480.